The van der Waals surface area contributed by atoms with Crippen molar-refractivity contribution in [1.29, 1.82) is 0 Å². The summed E-state index contributed by atoms with van der Waals surface area (Å²) < 4.78 is 0. The van der Waals surface area contributed by atoms with Crippen LogP contribution in [0.1, 0.15) is 45.6 Å². The van der Waals surface area contributed by atoms with Crippen LogP contribution in [0.25, 0.3) is 0 Å². The van der Waals surface area contributed by atoms with Crippen LogP contribution in [0.15, 0.2) is 42.5 Å². The van der Waals surface area contributed by atoms with E-state index in [0.29, 0.717) is 5.56 Å². The van der Waals surface area contributed by atoms with Gasteiger partial charge in [0.05, 0.1) is 6.04 Å². The van der Waals surface area contributed by atoms with Gasteiger partial charge in [-0.1, -0.05) is 41.5 Å². The molecule has 0 bridgehead atoms. The minimum absolute atomic E-state index is 0.00334. The maximum atomic E-state index is 12.2. The Morgan fingerprint density at radius 1 is 1.00 bits per heavy atom. The molecule has 2 rings (SSSR count). The van der Waals surface area contributed by atoms with Gasteiger partial charge in [0.25, 0.3) is 5.91 Å². The van der Waals surface area contributed by atoms with E-state index in [1.54, 1.807) is 0 Å². The van der Waals surface area contributed by atoms with Crippen molar-refractivity contribution in [3.8, 4) is 0 Å². The average molecular weight is 267 g/mol. The smallest absolute Gasteiger partial charge is 0.251 e. The fourth-order valence-electron chi connectivity index (χ4n) is 2.46. The Kier molecular flexibility index (Phi) is 4.23. The summed E-state index contributed by atoms with van der Waals surface area (Å²) in [5.41, 5.74) is 5.42. The van der Waals surface area contributed by atoms with Crippen LogP contribution in [0.2, 0.25) is 0 Å². The molecule has 0 aliphatic heterocycles. The number of carbonyl (C=O) groups excluding carboxylic acids is 1. The molecule has 20 heavy (non-hydrogen) atoms. The van der Waals surface area contributed by atoms with Gasteiger partial charge in [-0.15, -0.1) is 0 Å². The first-order valence-electron chi connectivity index (χ1n) is 6.92. The lowest BCUT2D eigenvalue weighted by Crippen LogP contribution is -2.27. The van der Waals surface area contributed by atoms with E-state index < -0.39 is 0 Å². The van der Waals surface area contributed by atoms with Gasteiger partial charge in [-0.25, -0.2) is 0 Å². The van der Waals surface area contributed by atoms with E-state index in [-0.39, 0.29) is 11.9 Å². The van der Waals surface area contributed by atoms with Crippen LogP contribution in [-0.2, 0) is 0 Å². The third-order valence-electron chi connectivity index (χ3n) is 3.52. The number of hydrogen-bond acceptors (Lipinski definition) is 1. The van der Waals surface area contributed by atoms with Crippen LogP contribution in [0.3, 0.4) is 0 Å². The highest BCUT2D eigenvalue weighted by atomic mass is 16.1. The molecular formula is C18H21NO. The molecule has 0 aromatic heterocycles. The summed E-state index contributed by atoms with van der Waals surface area (Å²) in [4.78, 5) is 12.2. The molecule has 2 nitrogen and oxygen atoms in total. The van der Waals surface area contributed by atoms with Crippen LogP contribution in [0.4, 0.5) is 0 Å². The predicted octanol–water partition coefficient (Wildman–Crippen LogP) is 4.10. The zero-order valence-corrected chi connectivity index (χ0v) is 12.5. The maximum Gasteiger partial charge on any atom is 0.251 e. The summed E-state index contributed by atoms with van der Waals surface area (Å²) in [6, 6.07) is 14.0. The first-order valence-corrected chi connectivity index (χ1v) is 6.92. The van der Waals surface area contributed by atoms with Gasteiger partial charge in [0, 0.05) is 5.56 Å². The zero-order chi connectivity index (χ0) is 14.7. The molecule has 2 heteroatoms. The minimum atomic E-state index is -0.0267. The number of benzene rings is 2. The van der Waals surface area contributed by atoms with Crippen molar-refractivity contribution in [1.82, 2.24) is 5.32 Å². The van der Waals surface area contributed by atoms with Crippen LogP contribution >= 0.6 is 0 Å². The molecule has 1 atom stereocenters. The van der Waals surface area contributed by atoms with E-state index in [0.717, 1.165) is 11.1 Å². The Hall–Kier alpha value is -2.09. The average Bonchev–Trinajstić information content (AvgIpc) is 2.38. The van der Waals surface area contributed by atoms with Crippen molar-refractivity contribution in [3.63, 3.8) is 0 Å². The molecule has 0 aliphatic carbocycles. The number of nitrogens with one attached hydrogen (secondary N) is 1. The van der Waals surface area contributed by atoms with Gasteiger partial charge in [-0.3, -0.25) is 4.79 Å². The molecule has 0 spiro atoms. The summed E-state index contributed by atoms with van der Waals surface area (Å²) in [5.74, 6) is -0.0267. The first-order chi connectivity index (χ1) is 9.47. The van der Waals surface area contributed by atoms with Gasteiger partial charge in [-0.05, 0) is 51.0 Å². The van der Waals surface area contributed by atoms with Gasteiger partial charge < -0.3 is 5.32 Å². The molecule has 0 unspecified atom stereocenters. The zero-order valence-electron chi connectivity index (χ0n) is 12.5. The SMILES string of the molecule is Cc1cccc(C(=O)N[C@@H](C)c2ccc(C)cc2C)c1. The number of carbonyl (C=O) groups is 1. The number of hydrogen-bond donors (Lipinski definition) is 1. The highest BCUT2D eigenvalue weighted by Gasteiger charge is 2.13. The topological polar surface area (TPSA) is 29.1 Å². The molecule has 0 aliphatic rings. The second-order valence-corrected chi connectivity index (χ2v) is 5.42. The van der Waals surface area contributed by atoms with E-state index in [4.69, 9.17) is 0 Å². The van der Waals surface area contributed by atoms with Gasteiger partial charge in [0.15, 0.2) is 0 Å². The van der Waals surface area contributed by atoms with Crippen LogP contribution < -0.4 is 5.32 Å². The summed E-state index contributed by atoms with van der Waals surface area (Å²) in [6.07, 6.45) is 0. The number of rotatable bonds is 3. The van der Waals surface area contributed by atoms with Crippen molar-refractivity contribution >= 4 is 5.91 Å². The van der Waals surface area contributed by atoms with Gasteiger partial charge >= 0.3 is 0 Å². The lowest BCUT2D eigenvalue weighted by molar-refractivity contribution is 0.0939. The fourth-order valence-corrected chi connectivity index (χ4v) is 2.46. The molecule has 0 saturated carbocycles. The second-order valence-electron chi connectivity index (χ2n) is 5.42. The molecule has 104 valence electrons. The maximum absolute atomic E-state index is 12.2. The standard InChI is InChI=1S/C18H21NO/c1-12-6-5-7-16(11-12)18(20)19-15(4)17-9-8-13(2)10-14(17)3/h5-11,15H,1-4H3,(H,19,20)/t15-/m0/s1. The van der Waals surface area contributed by atoms with E-state index >= 15 is 0 Å². The molecule has 0 saturated heterocycles. The van der Waals surface area contributed by atoms with Crippen LogP contribution in [0.5, 0.6) is 0 Å². The lowest BCUT2D eigenvalue weighted by Gasteiger charge is -2.17. The van der Waals surface area contributed by atoms with E-state index in [1.807, 2.05) is 38.1 Å². The molecule has 1 N–H and O–H groups in total. The predicted molar refractivity (Wildman–Crippen MR) is 83.0 cm³/mol. The highest BCUT2D eigenvalue weighted by Crippen LogP contribution is 2.19. The normalized spacial score (nSPS) is 12.0. The van der Waals surface area contributed by atoms with Crippen molar-refractivity contribution in [2.75, 3.05) is 0 Å². The van der Waals surface area contributed by atoms with E-state index in [2.05, 4.69) is 37.4 Å². The van der Waals surface area contributed by atoms with E-state index in [1.165, 1.54) is 11.1 Å². The molecule has 0 radical (unpaired) electrons. The third kappa shape index (κ3) is 3.27. The van der Waals surface area contributed by atoms with E-state index in [9.17, 15) is 4.79 Å². The summed E-state index contributed by atoms with van der Waals surface area (Å²) >= 11 is 0. The van der Waals surface area contributed by atoms with Crippen molar-refractivity contribution in [2.45, 2.75) is 33.7 Å². The van der Waals surface area contributed by atoms with Gasteiger partial charge in [0.1, 0.15) is 0 Å². The first kappa shape index (κ1) is 14.3. The van der Waals surface area contributed by atoms with Crippen LogP contribution in [0, 0.1) is 20.8 Å². The van der Waals surface area contributed by atoms with Crippen molar-refractivity contribution in [2.24, 2.45) is 0 Å². The van der Waals surface area contributed by atoms with Gasteiger partial charge in [0.2, 0.25) is 0 Å². The second kappa shape index (κ2) is 5.91. The minimum Gasteiger partial charge on any atom is -0.346 e. The Morgan fingerprint density at radius 3 is 2.35 bits per heavy atom. The fraction of sp³-hybridized carbons (Fsp3) is 0.278. The Morgan fingerprint density at radius 2 is 1.70 bits per heavy atom. The summed E-state index contributed by atoms with van der Waals surface area (Å²) in [5, 5.41) is 3.06. The monoisotopic (exact) mass is 267 g/mol. The molecular weight excluding hydrogens is 246 g/mol. The number of amides is 1. The lowest BCUT2D eigenvalue weighted by atomic mass is 10.00. The summed E-state index contributed by atoms with van der Waals surface area (Å²) in [7, 11) is 0. The van der Waals surface area contributed by atoms with Gasteiger partial charge in [-0.2, -0.15) is 0 Å². The Bertz CT molecular complexity index is 631. The van der Waals surface area contributed by atoms with Crippen LogP contribution in [-0.4, -0.2) is 5.91 Å². The molecule has 2 aromatic carbocycles. The largest absolute Gasteiger partial charge is 0.346 e. The summed E-state index contributed by atoms with van der Waals surface area (Å²) in [6.45, 7) is 8.17. The highest BCUT2D eigenvalue weighted by molar-refractivity contribution is 5.94. The third-order valence-corrected chi connectivity index (χ3v) is 3.52. The molecule has 2 aromatic rings. The van der Waals surface area contributed by atoms with Crippen molar-refractivity contribution < 1.29 is 4.79 Å². The number of aryl methyl sites for hydroxylation is 3. The Balaban J connectivity index is 2.15. The molecule has 0 fully saturated rings. The van der Waals surface area contributed by atoms with Crippen molar-refractivity contribution in [3.05, 3.63) is 70.3 Å². The quantitative estimate of drug-likeness (QED) is 0.891. The molecule has 0 heterocycles. The molecule has 1 amide bonds. The Labute approximate surface area is 120 Å².